The van der Waals surface area contributed by atoms with Crippen LogP contribution in [0.1, 0.15) is 42.0 Å². The van der Waals surface area contributed by atoms with Gasteiger partial charge < -0.3 is 0 Å². The van der Waals surface area contributed by atoms with Crippen LogP contribution in [0.5, 0.6) is 0 Å². The first-order valence-corrected chi connectivity index (χ1v) is 8.96. The molecule has 0 spiro atoms. The molecule has 1 saturated carbocycles. The number of pyridine rings is 1. The third-order valence-electron chi connectivity index (χ3n) is 4.57. The molecule has 1 unspecified atom stereocenters. The first-order chi connectivity index (χ1) is 11.5. The van der Waals surface area contributed by atoms with E-state index in [9.17, 15) is 13.2 Å². The molecule has 126 valence electrons. The second-order valence-corrected chi connectivity index (χ2v) is 7.49. The lowest BCUT2D eigenvalue weighted by molar-refractivity contribution is -0.137. The van der Waals surface area contributed by atoms with Crippen LogP contribution in [0.2, 0.25) is 0 Å². The van der Waals surface area contributed by atoms with Crippen molar-refractivity contribution in [3.8, 4) is 11.1 Å². The fourth-order valence-electron chi connectivity index (χ4n) is 3.10. The van der Waals surface area contributed by atoms with Crippen LogP contribution >= 0.6 is 11.9 Å². The van der Waals surface area contributed by atoms with Crippen LogP contribution in [0.25, 0.3) is 11.1 Å². The van der Waals surface area contributed by atoms with Crippen molar-refractivity contribution < 1.29 is 13.2 Å². The highest BCUT2D eigenvalue weighted by Gasteiger charge is 2.31. The van der Waals surface area contributed by atoms with E-state index in [1.54, 1.807) is 30.3 Å². The summed E-state index contributed by atoms with van der Waals surface area (Å²) in [6, 6.07) is 5.65. The molecule has 1 atom stereocenters. The number of halogens is 3. The minimum atomic E-state index is -4.30. The Hall–Kier alpha value is -1.53. The van der Waals surface area contributed by atoms with Crippen molar-refractivity contribution in [3.05, 3.63) is 53.3 Å². The summed E-state index contributed by atoms with van der Waals surface area (Å²) in [5.41, 5.74) is 3.51. The standard InChI is InChI=1S/C18H17F3N2S/c19-18(20,21)12-3-1-11(2-4-12)15-9-22-10-16-14(15)7-8-17(16)23-24-13-5-6-13/h1-4,9-10,13,17,23H,5-8H2. The van der Waals surface area contributed by atoms with Crippen molar-refractivity contribution in [1.29, 1.82) is 0 Å². The maximum Gasteiger partial charge on any atom is 0.416 e. The minimum Gasteiger partial charge on any atom is -0.264 e. The topological polar surface area (TPSA) is 24.9 Å². The predicted octanol–water partition coefficient (Wildman–Crippen LogP) is 5.15. The lowest BCUT2D eigenvalue weighted by atomic mass is 9.98. The number of aromatic nitrogens is 1. The number of fused-ring (bicyclic) bond motifs is 1. The Morgan fingerprint density at radius 2 is 1.79 bits per heavy atom. The highest BCUT2D eigenvalue weighted by atomic mass is 32.2. The normalized spacial score (nSPS) is 20.2. The van der Waals surface area contributed by atoms with Crippen LogP contribution in [0.15, 0.2) is 36.7 Å². The largest absolute Gasteiger partial charge is 0.416 e. The Bertz CT molecular complexity index is 739. The molecule has 1 fully saturated rings. The predicted molar refractivity (Wildman–Crippen MR) is 89.5 cm³/mol. The first-order valence-electron chi connectivity index (χ1n) is 8.08. The summed E-state index contributed by atoms with van der Waals surface area (Å²) in [6.07, 6.45) is 3.84. The van der Waals surface area contributed by atoms with Crippen LogP contribution in [-0.2, 0) is 12.6 Å². The average molecular weight is 350 g/mol. The maximum absolute atomic E-state index is 12.7. The van der Waals surface area contributed by atoms with Crippen LogP contribution in [-0.4, -0.2) is 10.2 Å². The van der Waals surface area contributed by atoms with Gasteiger partial charge in [-0.15, -0.1) is 0 Å². The van der Waals surface area contributed by atoms with Gasteiger partial charge in [0.25, 0.3) is 0 Å². The van der Waals surface area contributed by atoms with Gasteiger partial charge in [-0.1, -0.05) is 24.1 Å². The lowest BCUT2D eigenvalue weighted by Gasteiger charge is -2.14. The summed E-state index contributed by atoms with van der Waals surface area (Å²) in [6.45, 7) is 0. The van der Waals surface area contributed by atoms with Gasteiger partial charge in [-0.05, 0) is 54.5 Å². The average Bonchev–Trinajstić information content (AvgIpc) is 3.31. The van der Waals surface area contributed by atoms with Crippen LogP contribution in [0.3, 0.4) is 0 Å². The molecule has 4 rings (SSSR count). The molecule has 0 radical (unpaired) electrons. The molecule has 2 aromatic rings. The molecule has 6 heteroatoms. The SMILES string of the molecule is FC(F)(F)c1ccc(-c2cncc3c2CCC3NSC2CC2)cc1. The van der Waals surface area contributed by atoms with Crippen LogP contribution < -0.4 is 4.72 Å². The van der Waals surface area contributed by atoms with Gasteiger partial charge in [-0.25, -0.2) is 0 Å². The van der Waals surface area contributed by atoms with Gasteiger partial charge in [0.2, 0.25) is 0 Å². The van der Waals surface area contributed by atoms with E-state index in [0.29, 0.717) is 0 Å². The molecule has 1 N–H and O–H groups in total. The van der Waals surface area contributed by atoms with Crippen molar-refractivity contribution in [2.45, 2.75) is 43.2 Å². The summed E-state index contributed by atoms with van der Waals surface area (Å²) in [5, 5.41) is 0.736. The molecule has 2 aliphatic carbocycles. The summed E-state index contributed by atoms with van der Waals surface area (Å²) in [4.78, 5) is 4.33. The van der Waals surface area contributed by atoms with Gasteiger partial charge in [0, 0.05) is 29.2 Å². The Balaban J connectivity index is 1.60. The van der Waals surface area contributed by atoms with Gasteiger partial charge >= 0.3 is 6.18 Å². The highest BCUT2D eigenvalue weighted by Crippen LogP contribution is 2.41. The summed E-state index contributed by atoms with van der Waals surface area (Å²) >= 11 is 1.81. The van der Waals surface area contributed by atoms with E-state index < -0.39 is 11.7 Å². The number of hydrogen-bond donors (Lipinski definition) is 1. The van der Waals surface area contributed by atoms with Gasteiger partial charge in [0.05, 0.1) is 5.56 Å². The summed E-state index contributed by atoms with van der Waals surface area (Å²) in [5.74, 6) is 0. The van der Waals surface area contributed by atoms with E-state index in [1.165, 1.54) is 24.0 Å². The molecule has 1 aromatic heterocycles. The number of benzene rings is 1. The van der Waals surface area contributed by atoms with Crippen molar-refractivity contribution in [2.24, 2.45) is 0 Å². The molecule has 1 aromatic carbocycles. The molecule has 24 heavy (non-hydrogen) atoms. The third-order valence-corrected chi connectivity index (χ3v) is 5.80. The van der Waals surface area contributed by atoms with E-state index in [4.69, 9.17) is 0 Å². The number of alkyl halides is 3. The zero-order chi connectivity index (χ0) is 16.7. The zero-order valence-corrected chi connectivity index (χ0v) is 13.8. The molecule has 1 heterocycles. The molecule has 0 saturated heterocycles. The van der Waals surface area contributed by atoms with Gasteiger partial charge in [0.15, 0.2) is 0 Å². The second-order valence-electron chi connectivity index (χ2n) is 6.36. The summed E-state index contributed by atoms with van der Waals surface area (Å²) < 4.78 is 41.7. The monoisotopic (exact) mass is 350 g/mol. The number of rotatable bonds is 4. The number of nitrogens with zero attached hydrogens (tertiary/aromatic N) is 1. The number of hydrogen-bond acceptors (Lipinski definition) is 3. The lowest BCUT2D eigenvalue weighted by Crippen LogP contribution is -2.12. The van der Waals surface area contributed by atoms with Crippen molar-refractivity contribution in [1.82, 2.24) is 9.71 Å². The smallest absolute Gasteiger partial charge is 0.264 e. The Labute approximate surface area is 143 Å². The van der Waals surface area contributed by atoms with Gasteiger partial charge in [-0.2, -0.15) is 13.2 Å². The fourth-order valence-corrected chi connectivity index (χ4v) is 4.07. The fraction of sp³-hybridized carbons (Fsp3) is 0.389. The third kappa shape index (κ3) is 3.17. The second kappa shape index (κ2) is 6.08. The maximum atomic E-state index is 12.7. The highest BCUT2D eigenvalue weighted by molar-refractivity contribution is 7.98. The molecule has 2 aliphatic rings. The Morgan fingerprint density at radius 1 is 1.04 bits per heavy atom. The van der Waals surface area contributed by atoms with E-state index >= 15 is 0 Å². The summed E-state index contributed by atoms with van der Waals surface area (Å²) in [7, 11) is 0. The van der Waals surface area contributed by atoms with Crippen LogP contribution in [0, 0.1) is 0 Å². The van der Waals surface area contributed by atoms with Crippen LogP contribution in [0.4, 0.5) is 13.2 Å². The molecule has 0 amide bonds. The van der Waals surface area contributed by atoms with E-state index in [0.717, 1.165) is 41.4 Å². The van der Waals surface area contributed by atoms with Gasteiger partial charge in [0.1, 0.15) is 0 Å². The van der Waals surface area contributed by atoms with E-state index in [-0.39, 0.29) is 6.04 Å². The Kier molecular flexibility index (Phi) is 4.04. The molecular weight excluding hydrogens is 333 g/mol. The Morgan fingerprint density at radius 3 is 2.46 bits per heavy atom. The molecule has 2 nitrogen and oxygen atoms in total. The molecule has 0 aliphatic heterocycles. The number of nitrogens with one attached hydrogen (secondary N) is 1. The zero-order valence-electron chi connectivity index (χ0n) is 12.9. The van der Waals surface area contributed by atoms with Crippen molar-refractivity contribution in [3.63, 3.8) is 0 Å². The van der Waals surface area contributed by atoms with E-state index in [2.05, 4.69) is 9.71 Å². The molecular formula is C18H17F3N2S. The quantitative estimate of drug-likeness (QED) is 0.772. The van der Waals surface area contributed by atoms with Crippen molar-refractivity contribution >= 4 is 11.9 Å². The first kappa shape index (κ1) is 16.0. The van der Waals surface area contributed by atoms with Crippen molar-refractivity contribution in [2.75, 3.05) is 0 Å². The van der Waals surface area contributed by atoms with Gasteiger partial charge in [-0.3, -0.25) is 9.71 Å². The molecule has 0 bridgehead atoms. The minimum absolute atomic E-state index is 0.285. The van der Waals surface area contributed by atoms with E-state index in [1.807, 2.05) is 6.20 Å².